The van der Waals surface area contributed by atoms with Gasteiger partial charge in [0.2, 0.25) is 0 Å². The predicted molar refractivity (Wildman–Crippen MR) is 88.3 cm³/mol. The van der Waals surface area contributed by atoms with Gasteiger partial charge in [0, 0.05) is 15.9 Å². The van der Waals surface area contributed by atoms with Crippen LogP contribution in [0.4, 0.5) is 0 Å². The van der Waals surface area contributed by atoms with Crippen molar-refractivity contribution in [2.45, 2.75) is 13.8 Å². The highest BCUT2D eigenvalue weighted by atomic mass is 31.2. The molecule has 20 heavy (non-hydrogen) atoms. The van der Waals surface area contributed by atoms with E-state index in [1.807, 2.05) is 92.7 Å². The van der Waals surface area contributed by atoms with Gasteiger partial charge >= 0.3 is 0 Å². The largest absolute Gasteiger partial charge is 0.309 e. The van der Waals surface area contributed by atoms with Crippen LogP contribution in [0.25, 0.3) is 0 Å². The molecule has 1 nitrogen and oxygen atoms in total. The SMILES string of the molecule is C/C=C\C(=C/C)P(=O)(c1ccccc1)c1ccccc1. The van der Waals surface area contributed by atoms with Gasteiger partial charge in [0.1, 0.15) is 0 Å². The van der Waals surface area contributed by atoms with Crippen molar-refractivity contribution >= 4 is 17.8 Å². The molecule has 2 aromatic rings. The van der Waals surface area contributed by atoms with E-state index in [0.717, 1.165) is 15.9 Å². The smallest absolute Gasteiger partial charge is 0.170 e. The standard InChI is InChI=1S/C18H19OP/c1-3-11-16(4-2)20(19,17-12-7-5-8-13-17)18-14-9-6-10-15-18/h3-15H,1-2H3/b11-3-,16-4+. The topological polar surface area (TPSA) is 17.1 Å². The fourth-order valence-corrected chi connectivity index (χ4v) is 5.08. The van der Waals surface area contributed by atoms with Crippen LogP contribution in [-0.2, 0) is 4.57 Å². The summed E-state index contributed by atoms with van der Waals surface area (Å²) in [6.07, 6.45) is 5.83. The van der Waals surface area contributed by atoms with Crippen molar-refractivity contribution in [2.75, 3.05) is 0 Å². The second kappa shape index (κ2) is 6.54. The molecule has 0 N–H and O–H groups in total. The van der Waals surface area contributed by atoms with Crippen LogP contribution >= 0.6 is 7.14 Å². The van der Waals surface area contributed by atoms with Gasteiger partial charge in [-0.15, -0.1) is 0 Å². The highest BCUT2D eigenvalue weighted by Gasteiger charge is 2.29. The Kier molecular flexibility index (Phi) is 4.76. The fraction of sp³-hybridized carbons (Fsp3) is 0.111. The number of benzene rings is 2. The van der Waals surface area contributed by atoms with Crippen LogP contribution in [0.1, 0.15) is 13.8 Å². The van der Waals surface area contributed by atoms with E-state index in [1.54, 1.807) is 0 Å². The van der Waals surface area contributed by atoms with E-state index in [9.17, 15) is 4.57 Å². The van der Waals surface area contributed by atoms with E-state index >= 15 is 0 Å². The molecule has 0 atom stereocenters. The van der Waals surface area contributed by atoms with Crippen molar-refractivity contribution in [1.82, 2.24) is 0 Å². The molecule has 2 aromatic carbocycles. The minimum absolute atomic E-state index is 0.873. The highest BCUT2D eigenvalue weighted by molar-refractivity contribution is 7.82. The number of hydrogen-bond donors (Lipinski definition) is 0. The molecule has 0 unspecified atom stereocenters. The minimum Gasteiger partial charge on any atom is -0.309 e. The average Bonchev–Trinajstić information content (AvgIpc) is 2.53. The molecule has 0 saturated heterocycles. The Morgan fingerprint density at radius 2 is 1.30 bits per heavy atom. The lowest BCUT2D eigenvalue weighted by Crippen LogP contribution is -2.16. The first-order valence-electron chi connectivity index (χ1n) is 6.74. The number of rotatable bonds is 4. The van der Waals surface area contributed by atoms with E-state index in [0.29, 0.717) is 0 Å². The first-order valence-corrected chi connectivity index (χ1v) is 8.45. The normalized spacial score (nSPS) is 12.8. The van der Waals surface area contributed by atoms with Gasteiger partial charge in [-0.25, -0.2) is 0 Å². The molecule has 0 aromatic heterocycles. The van der Waals surface area contributed by atoms with Crippen LogP contribution in [0.2, 0.25) is 0 Å². The van der Waals surface area contributed by atoms with Gasteiger partial charge in [-0.2, -0.15) is 0 Å². The second-order valence-corrected chi connectivity index (χ2v) is 7.26. The van der Waals surface area contributed by atoms with Gasteiger partial charge in [-0.1, -0.05) is 78.9 Å². The van der Waals surface area contributed by atoms with E-state index in [-0.39, 0.29) is 0 Å². The lowest BCUT2D eigenvalue weighted by atomic mass is 10.4. The maximum atomic E-state index is 13.8. The second-order valence-electron chi connectivity index (χ2n) is 4.49. The molecule has 102 valence electrons. The third-order valence-electron chi connectivity index (χ3n) is 3.24. The lowest BCUT2D eigenvalue weighted by molar-refractivity contribution is 0.591. The Labute approximate surface area is 121 Å². The summed E-state index contributed by atoms with van der Waals surface area (Å²) < 4.78 is 13.8. The van der Waals surface area contributed by atoms with Gasteiger partial charge < -0.3 is 4.57 Å². The van der Waals surface area contributed by atoms with Gasteiger partial charge in [0.15, 0.2) is 7.14 Å². The van der Waals surface area contributed by atoms with Gasteiger partial charge in [-0.3, -0.25) is 0 Å². The van der Waals surface area contributed by atoms with E-state index < -0.39 is 7.14 Å². The Hall–Kier alpha value is -1.85. The summed E-state index contributed by atoms with van der Waals surface area (Å²) in [4.78, 5) is 0. The van der Waals surface area contributed by atoms with Gasteiger partial charge in [0.05, 0.1) is 0 Å². The Bertz CT molecular complexity index is 611. The third kappa shape index (κ3) is 2.69. The van der Waals surface area contributed by atoms with Crippen molar-refractivity contribution in [3.05, 3.63) is 84.2 Å². The van der Waals surface area contributed by atoms with Crippen molar-refractivity contribution in [2.24, 2.45) is 0 Å². The highest BCUT2D eigenvalue weighted by Crippen LogP contribution is 2.52. The molecule has 0 amide bonds. The molecule has 0 heterocycles. The molecule has 0 saturated carbocycles. The summed E-state index contributed by atoms with van der Waals surface area (Å²) in [5.41, 5.74) is 0. The van der Waals surface area contributed by atoms with Crippen molar-refractivity contribution in [3.8, 4) is 0 Å². The first kappa shape index (κ1) is 14.6. The maximum Gasteiger partial charge on any atom is 0.170 e. The minimum atomic E-state index is -2.78. The molecular formula is C18H19OP. The maximum absolute atomic E-state index is 13.8. The van der Waals surface area contributed by atoms with Crippen molar-refractivity contribution in [3.63, 3.8) is 0 Å². The van der Waals surface area contributed by atoms with E-state index in [1.165, 1.54) is 0 Å². The lowest BCUT2D eigenvalue weighted by Gasteiger charge is -2.20. The summed E-state index contributed by atoms with van der Waals surface area (Å²) >= 11 is 0. The molecular weight excluding hydrogens is 263 g/mol. The van der Waals surface area contributed by atoms with Crippen molar-refractivity contribution in [1.29, 1.82) is 0 Å². The quantitative estimate of drug-likeness (QED) is 0.597. The summed E-state index contributed by atoms with van der Waals surface area (Å²) in [5.74, 6) is 0. The molecule has 0 aliphatic rings. The van der Waals surface area contributed by atoms with Crippen LogP contribution in [-0.4, -0.2) is 0 Å². The Morgan fingerprint density at radius 1 is 0.850 bits per heavy atom. The molecule has 0 radical (unpaired) electrons. The van der Waals surface area contributed by atoms with Crippen LogP contribution in [0, 0.1) is 0 Å². The zero-order valence-corrected chi connectivity index (χ0v) is 12.8. The number of allylic oxidation sites excluding steroid dienone is 4. The van der Waals surface area contributed by atoms with Crippen LogP contribution in [0.5, 0.6) is 0 Å². The Morgan fingerprint density at radius 3 is 1.65 bits per heavy atom. The number of hydrogen-bond acceptors (Lipinski definition) is 1. The summed E-state index contributed by atoms with van der Waals surface area (Å²) in [5, 5.41) is 2.62. The molecule has 0 spiro atoms. The molecule has 2 heteroatoms. The zero-order valence-electron chi connectivity index (χ0n) is 11.9. The summed E-state index contributed by atoms with van der Waals surface area (Å²) in [6, 6.07) is 19.4. The van der Waals surface area contributed by atoms with E-state index in [4.69, 9.17) is 0 Å². The van der Waals surface area contributed by atoms with Gasteiger partial charge in [0.25, 0.3) is 0 Å². The first-order chi connectivity index (χ1) is 9.73. The Balaban J connectivity index is 2.71. The molecule has 0 fully saturated rings. The molecule has 2 rings (SSSR count). The van der Waals surface area contributed by atoms with Crippen LogP contribution in [0.3, 0.4) is 0 Å². The summed E-state index contributed by atoms with van der Waals surface area (Å²) in [6.45, 7) is 3.89. The summed E-state index contributed by atoms with van der Waals surface area (Å²) in [7, 11) is -2.78. The van der Waals surface area contributed by atoms with Crippen molar-refractivity contribution < 1.29 is 4.57 Å². The van der Waals surface area contributed by atoms with Gasteiger partial charge in [-0.05, 0) is 13.8 Å². The third-order valence-corrected chi connectivity index (χ3v) is 6.42. The fourth-order valence-electron chi connectivity index (χ4n) is 2.28. The monoisotopic (exact) mass is 282 g/mol. The zero-order chi connectivity index (χ0) is 14.4. The van der Waals surface area contributed by atoms with Crippen LogP contribution < -0.4 is 10.6 Å². The van der Waals surface area contributed by atoms with Crippen LogP contribution in [0.15, 0.2) is 84.2 Å². The molecule has 0 aliphatic heterocycles. The molecule has 0 bridgehead atoms. The van der Waals surface area contributed by atoms with E-state index in [2.05, 4.69) is 0 Å². The molecule has 0 aliphatic carbocycles. The average molecular weight is 282 g/mol. The predicted octanol–water partition coefficient (Wildman–Crippen LogP) is 4.48.